The van der Waals surface area contributed by atoms with E-state index in [2.05, 4.69) is 15.6 Å². The smallest absolute Gasteiger partial charge is 0.345 e. The number of carbonyl (C=O) groups is 1. The van der Waals surface area contributed by atoms with Gasteiger partial charge in [0.05, 0.1) is 11.6 Å². The van der Waals surface area contributed by atoms with Crippen LogP contribution in [0.5, 0.6) is 0 Å². The van der Waals surface area contributed by atoms with Gasteiger partial charge >= 0.3 is 6.18 Å². The Labute approximate surface area is 95.2 Å². The minimum Gasteiger partial charge on any atom is -0.345 e. The Hall–Kier alpha value is -1.63. The monoisotopic (exact) mass is 245 g/mol. The number of alkyl halides is 3. The molecule has 1 aromatic heterocycles. The second kappa shape index (κ2) is 4.33. The third-order valence-electron chi connectivity index (χ3n) is 2.44. The molecule has 1 fully saturated rings. The number of rotatable bonds is 2. The third kappa shape index (κ3) is 2.73. The minimum atomic E-state index is -4.43. The summed E-state index contributed by atoms with van der Waals surface area (Å²) in [5.41, 5.74) is -0.871. The summed E-state index contributed by atoms with van der Waals surface area (Å²) >= 11 is 0. The number of pyridine rings is 1. The maximum absolute atomic E-state index is 12.2. The lowest BCUT2D eigenvalue weighted by atomic mass is 10.1. The van der Waals surface area contributed by atoms with Gasteiger partial charge in [-0.25, -0.2) is 0 Å². The van der Waals surface area contributed by atoms with Gasteiger partial charge in [-0.2, -0.15) is 13.2 Å². The molecule has 2 N–H and O–H groups in total. The summed E-state index contributed by atoms with van der Waals surface area (Å²) in [5.74, 6) is -0.453. The van der Waals surface area contributed by atoms with Crippen molar-refractivity contribution in [2.75, 3.05) is 13.1 Å². The molecule has 0 saturated carbocycles. The molecule has 0 radical (unpaired) electrons. The molecule has 4 nitrogen and oxygen atoms in total. The van der Waals surface area contributed by atoms with Crippen LogP contribution in [0.3, 0.4) is 0 Å². The number of hydrogen-bond acceptors (Lipinski definition) is 3. The molecule has 92 valence electrons. The van der Waals surface area contributed by atoms with Gasteiger partial charge in [-0.05, 0) is 12.1 Å². The van der Waals surface area contributed by atoms with Gasteiger partial charge in [0.2, 0.25) is 0 Å². The zero-order chi connectivity index (χ0) is 12.5. The lowest BCUT2D eigenvalue weighted by Gasteiger charge is -2.27. The number of halogens is 3. The molecule has 1 aliphatic rings. The number of aromatic nitrogens is 1. The summed E-state index contributed by atoms with van der Waals surface area (Å²) in [6.07, 6.45) is -3.77. The van der Waals surface area contributed by atoms with Gasteiger partial charge in [0.25, 0.3) is 5.91 Å². The number of nitrogens with zero attached hydrogens (tertiary/aromatic N) is 1. The van der Waals surface area contributed by atoms with Crippen LogP contribution >= 0.6 is 0 Å². The first kappa shape index (κ1) is 11.8. The van der Waals surface area contributed by atoms with Crippen molar-refractivity contribution in [1.82, 2.24) is 15.6 Å². The molecule has 1 amide bonds. The quantitative estimate of drug-likeness (QED) is 0.810. The van der Waals surface area contributed by atoms with Gasteiger partial charge in [0.15, 0.2) is 0 Å². The van der Waals surface area contributed by atoms with E-state index in [0.29, 0.717) is 19.3 Å². The van der Waals surface area contributed by atoms with Crippen LogP contribution in [0.25, 0.3) is 0 Å². The summed E-state index contributed by atoms with van der Waals surface area (Å²) in [6, 6.07) is 1.96. The Bertz CT molecular complexity index is 412. The van der Waals surface area contributed by atoms with Crippen LogP contribution in [0.15, 0.2) is 18.3 Å². The Morgan fingerprint density at radius 3 is 2.53 bits per heavy atom. The highest BCUT2D eigenvalue weighted by Gasteiger charge is 2.31. The van der Waals surface area contributed by atoms with E-state index in [-0.39, 0.29) is 11.7 Å². The third-order valence-corrected chi connectivity index (χ3v) is 2.44. The Morgan fingerprint density at radius 2 is 2.12 bits per heavy atom. The van der Waals surface area contributed by atoms with Crippen molar-refractivity contribution in [3.8, 4) is 0 Å². The minimum absolute atomic E-state index is 0.00935. The van der Waals surface area contributed by atoms with Crippen LogP contribution in [0.1, 0.15) is 16.1 Å². The first-order valence-electron chi connectivity index (χ1n) is 5.01. The van der Waals surface area contributed by atoms with Gasteiger partial charge in [0, 0.05) is 19.3 Å². The number of carbonyl (C=O) groups excluding carboxylic acids is 1. The average Bonchev–Trinajstić information content (AvgIpc) is 2.22. The fraction of sp³-hybridized carbons (Fsp3) is 0.400. The molecule has 0 unspecified atom stereocenters. The second-order valence-corrected chi connectivity index (χ2v) is 3.76. The molecule has 1 aliphatic heterocycles. The van der Waals surface area contributed by atoms with Crippen molar-refractivity contribution in [3.63, 3.8) is 0 Å². The topological polar surface area (TPSA) is 54.0 Å². The number of amides is 1. The molecular formula is C10H10F3N3O. The number of nitrogens with one attached hydrogen (secondary N) is 2. The van der Waals surface area contributed by atoms with Crippen LogP contribution in [-0.4, -0.2) is 30.0 Å². The van der Waals surface area contributed by atoms with Crippen LogP contribution in [-0.2, 0) is 6.18 Å². The van der Waals surface area contributed by atoms with E-state index < -0.39 is 17.6 Å². The van der Waals surface area contributed by atoms with Crippen molar-refractivity contribution in [1.29, 1.82) is 0 Å². The van der Waals surface area contributed by atoms with Crippen molar-refractivity contribution < 1.29 is 18.0 Å². The summed E-state index contributed by atoms with van der Waals surface area (Å²) in [6.45, 7) is 1.35. The van der Waals surface area contributed by atoms with Crippen LogP contribution in [0.2, 0.25) is 0 Å². The van der Waals surface area contributed by atoms with E-state index in [9.17, 15) is 18.0 Å². The summed E-state index contributed by atoms with van der Waals surface area (Å²) in [4.78, 5) is 15.0. The van der Waals surface area contributed by atoms with E-state index in [1.54, 1.807) is 0 Å². The maximum Gasteiger partial charge on any atom is 0.417 e. The average molecular weight is 245 g/mol. The lowest BCUT2D eigenvalue weighted by Crippen LogP contribution is -2.57. The number of hydrogen-bond donors (Lipinski definition) is 2. The fourth-order valence-electron chi connectivity index (χ4n) is 1.35. The van der Waals surface area contributed by atoms with Crippen molar-refractivity contribution >= 4 is 5.91 Å². The first-order valence-corrected chi connectivity index (χ1v) is 5.01. The zero-order valence-electron chi connectivity index (χ0n) is 8.71. The van der Waals surface area contributed by atoms with Crippen LogP contribution in [0.4, 0.5) is 13.2 Å². The predicted octanol–water partition coefficient (Wildman–Crippen LogP) is 0.802. The van der Waals surface area contributed by atoms with Crippen molar-refractivity contribution in [3.05, 3.63) is 29.6 Å². The molecule has 7 heteroatoms. The Balaban J connectivity index is 2.04. The first-order chi connectivity index (χ1) is 7.97. The molecule has 0 aliphatic carbocycles. The van der Waals surface area contributed by atoms with E-state index >= 15 is 0 Å². The van der Waals surface area contributed by atoms with E-state index in [4.69, 9.17) is 0 Å². The predicted molar refractivity (Wildman–Crippen MR) is 53.4 cm³/mol. The molecule has 0 atom stereocenters. The standard InChI is InChI=1S/C10H10F3N3O/c11-10(12,13)6-1-2-8(15-3-6)9(17)16-7-4-14-5-7/h1-3,7,14H,4-5H2,(H,16,17). The van der Waals surface area contributed by atoms with E-state index in [0.717, 1.165) is 12.1 Å². The van der Waals surface area contributed by atoms with E-state index in [1.807, 2.05) is 0 Å². The molecule has 1 saturated heterocycles. The maximum atomic E-state index is 12.2. The van der Waals surface area contributed by atoms with Gasteiger partial charge in [0.1, 0.15) is 5.69 Å². The van der Waals surface area contributed by atoms with Gasteiger partial charge in [-0.1, -0.05) is 0 Å². The highest BCUT2D eigenvalue weighted by atomic mass is 19.4. The zero-order valence-corrected chi connectivity index (χ0v) is 8.71. The van der Waals surface area contributed by atoms with Gasteiger partial charge < -0.3 is 10.6 Å². The largest absolute Gasteiger partial charge is 0.417 e. The second-order valence-electron chi connectivity index (χ2n) is 3.76. The summed E-state index contributed by atoms with van der Waals surface area (Å²) in [7, 11) is 0. The van der Waals surface area contributed by atoms with Crippen LogP contribution < -0.4 is 10.6 Å². The Kier molecular flexibility index (Phi) is 3.01. The molecule has 0 bridgehead atoms. The molecular weight excluding hydrogens is 235 g/mol. The lowest BCUT2D eigenvalue weighted by molar-refractivity contribution is -0.137. The summed E-state index contributed by atoms with van der Waals surface area (Å²) in [5, 5.41) is 5.61. The molecule has 2 rings (SSSR count). The van der Waals surface area contributed by atoms with Crippen LogP contribution in [0, 0.1) is 0 Å². The highest BCUT2D eigenvalue weighted by Crippen LogP contribution is 2.28. The Morgan fingerprint density at radius 1 is 1.41 bits per heavy atom. The molecule has 17 heavy (non-hydrogen) atoms. The van der Waals surface area contributed by atoms with Crippen molar-refractivity contribution in [2.24, 2.45) is 0 Å². The molecule has 1 aromatic rings. The highest BCUT2D eigenvalue weighted by molar-refractivity contribution is 5.92. The SMILES string of the molecule is O=C(NC1CNC1)c1ccc(C(F)(F)F)cn1. The molecule has 0 spiro atoms. The fourth-order valence-corrected chi connectivity index (χ4v) is 1.35. The van der Waals surface area contributed by atoms with Crippen molar-refractivity contribution in [2.45, 2.75) is 12.2 Å². The van der Waals surface area contributed by atoms with Gasteiger partial charge in [-0.3, -0.25) is 9.78 Å². The molecule has 0 aromatic carbocycles. The van der Waals surface area contributed by atoms with Gasteiger partial charge in [-0.15, -0.1) is 0 Å². The normalized spacial score (nSPS) is 16.4. The summed E-state index contributed by atoms with van der Waals surface area (Å²) < 4.78 is 36.7. The molecule has 2 heterocycles. The van der Waals surface area contributed by atoms with E-state index in [1.165, 1.54) is 0 Å².